The van der Waals surface area contributed by atoms with Crippen molar-refractivity contribution in [3.8, 4) is 0 Å². The van der Waals surface area contributed by atoms with E-state index >= 15 is 0 Å². The van der Waals surface area contributed by atoms with E-state index in [4.69, 9.17) is 4.74 Å². The lowest BCUT2D eigenvalue weighted by Crippen LogP contribution is -2.39. The molecule has 0 aromatic heterocycles. The van der Waals surface area contributed by atoms with Gasteiger partial charge in [-0.3, -0.25) is 4.79 Å². The standard InChI is InChI=1S/C14H20FNO2/c1-14(2,3)16(15)13(17)12-8-6-5-7-11(12)9-10-18-4/h5-8H,9-10H2,1-4H3. The minimum Gasteiger partial charge on any atom is -0.384 e. The van der Waals surface area contributed by atoms with E-state index in [1.54, 1.807) is 40.0 Å². The highest BCUT2D eigenvalue weighted by atomic mass is 19.2. The summed E-state index contributed by atoms with van der Waals surface area (Å²) in [6.07, 6.45) is 0.594. The van der Waals surface area contributed by atoms with E-state index in [-0.39, 0.29) is 5.12 Å². The number of nitrogens with zero attached hydrogens (tertiary/aromatic N) is 1. The second kappa shape index (κ2) is 5.96. The summed E-state index contributed by atoms with van der Waals surface area (Å²) in [5.74, 6) is -0.603. The fourth-order valence-corrected chi connectivity index (χ4v) is 1.57. The molecule has 18 heavy (non-hydrogen) atoms. The quantitative estimate of drug-likeness (QED) is 0.772. The summed E-state index contributed by atoms with van der Waals surface area (Å²) >= 11 is 0. The molecule has 0 N–H and O–H groups in total. The molecule has 1 aromatic rings. The Morgan fingerprint density at radius 2 is 1.94 bits per heavy atom. The summed E-state index contributed by atoms with van der Waals surface area (Å²) in [5, 5.41) is 0.276. The summed E-state index contributed by atoms with van der Waals surface area (Å²) in [6.45, 7) is 5.47. The molecule has 0 spiro atoms. The van der Waals surface area contributed by atoms with Crippen molar-refractivity contribution in [3.63, 3.8) is 0 Å². The van der Waals surface area contributed by atoms with Crippen LogP contribution >= 0.6 is 0 Å². The average molecular weight is 253 g/mol. The molecule has 1 aromatic carbocycles. The molecule has 4 heteroatoms. The van der Waals surface area contributed by atoms with Crippen molar-refractivity contribution in [1.82, 2.24) is 5.12 Å². The van der Waals surface area contributed by atoms with Gasteiger partial charge in [0.2, 0.25) is 0 Å². The van der Waals surface area contributed by atoms with Gasteiger partial charge in [0.25, 0.3) is 5.91 Å². The predicted molar refractivity (Wildman–Crippen MR) is 69.1 cm³/mol. The van der Waals surface area contributed by atoms with Crippen LogP contribution in [0.1, 0.15) is 36.7 Å². The van der Waals surface area contributed by atoms with E-state index < -0.39 is 11.4 Å². The van der Waals surface area contributed by atoms with Crippen molar-refractivity contribution in [2.75, 3.05) is 13.7 Å². The van der Waals surface area contributed by atoms with Gasteiger partial charge >= 0.3 is 0 Å². The van der Waals surface area contributed by atoms with Gasteiger partial charge in [-0.05, 0) is 38.8 Å². The van der Waals surface area contributed by atoms with Crippen LogP contribution in [0.5, 0.6) is 0 Å². The van der Waals surface area contributed by atoms with Crippen molar-refractivity contribution in [2.24, 2.45) is 0 Å². The van der Waals surface area contributed by atoms with E-state index in [9.17, 15) is 9.28 Å². The Bertz CT molecular complexity index is 413. The minimum absolute atomic E-state index is 0.276. The first-order chi connectivity index (χ1) is 8.38. The number of hydrogen-bond donors (Lipinski definition) is 0. The highest BCUT2D eigenvalue weighted by Crippen LogP contribution is 2.20. The normalized spacial score (nSPS) is 11.4. The number of hydrogen-bond acceptors (Lipinski definition) is 2. The number of benzene rings is 1. The SMILES string of the molecule is COCCc1ccccc1C(=O)N(F)C(C)(C)C. The van der Waals surface area contributed by atoms with Crippen LogP contribution in [0, 0.1) is 0 Å². The van der Waals surface area contributed by atoms with Crippen LogP contribution in [-0.4, -0.2) is 30.3 Å². The zero-order chi connectivity index (χ0) is 13.8. The molecule has 1 amide bonds. The topological polar surface area (TPSA) is 29.5 Å². The van der Waals surface area contributed by atoms with E-state index in [1.165, 1.54) is 0 Å². The molecule has 0 unspecified atom stereocenters. The third-order valence-corrected chi connectivity index (χ3v) is 2.59. The van der Waals surface area contributed by atoms with Crippen molar-refractivity contribution in [1.29, 1.82) is 0 Å². The van der Waals surface area contributed by atoms with E-state index in [0.717, 1.165) is 5.56 Å². The van der Waals surface area contributed by atoms with E-state index in [2.05, 4.69) is 0 Å². The third-order valence-electron chi connectivity index (χ3n) is 2.59. The largest absolute Gasteiger partial charge is 0.384 e. The van der Waals surface area contributed by atoms with Crippen LogP contribution in [-0.2, 0) is 11.2 Å². The first-order valence-electron chi connectivity index (χ1n) is 5.95. The second-order valence-electron chi connectivity index (χ2n) is 5.16. The molecule has 0 heterocycles. The molecular weight excluding hydrogens is 233 g/mol. The number of halogens is 1. The number of ether oxygens (including phenoxy) is 1. The lowest BCUT2D eigenvalue weighted by atomic mass is 10.0. The fraction of sp³-hybridized carbons (Fsp3) is 0.500. The first kappa shape index (κ1) is 14.6. The van der Waals surface area contributed by atoms with Crippen LogP contribution in [0.3, 0.4) is 0 Å². The predicted octanol–water partition coefficient (Wildman–Crippen LogP) is 3.00. The Balaban J connectivity index is 2.98. The van der Waals surface area contributed by atoms with Gasteiger partial charge in [-0.1, -0.05) is 22.7 Å². The van der Waals surface area contributed by atoms with Crippen LogP contribution in [0.4, 0.5) is 4.48 Å². The molecule has 0 atom stereocenters. The van der Waals surface area contributed by atoms with Gasteiger partial charge in [-0.2, -0.15) is 5.12 Å². The summed E-state index contributed by atoms with van der Waals surface area (Å²) in [5.41, 5.74) is 0.356. The average Bonchev–Trinajstić information content (AvgIpc) is 2.33. The third kappa shape index (κ3) is 3.53. The molecule has 0 bridgehead atoms. The number of amides is 1. The molecule has 100 valence electrons. The van der Waals surface area contributed by atoms with Crippen LogP contribution in [0.25, 0.3) is 0 Å². The number of carbonyl (C=O) groups excluding carboxylic acids is 1. The van der Waals surface area contributed by atoms with Gasteiger partial charge in [0.05, 0.1) is 12.1 Å². The van der Waals surface area contributed by atoms with Crippen molar-refractivity contribution < 1.29 is 14.0 Å². The van der Waals surface area contributed by atoms with Gasteiger partial charge in [-0.15, -0.1) is 0 Å². The van der Waals surface area contributed by atoms with Crippen LogP contribution in [0.2, 0.25) is 0 Å². The molecule has 1 rings (SSSR count). The highest BCUT2D eigenvalue weighted by Gasteiger charge is 2.28. The Morgan fingerprint density at radius 1 is 1.33 bits per heavy atom. The first-order valence-corrected chi connectivity index (χ1v) is 5.95. The molecule has 0 saturated heterocycles. The Hall–Kier alpha value is -1.42. The molecule has 0 fully saturated rings. The van der Waals surface area contributed by atoms with Gasteiger partial charge in [-0.25, -0.2) is 0 Å². The maximum absolute atomic E-state index is 13.9. The highest BCUT2D eigenvalue weighted by molar-refractivity contribution is 5.95. The molecule has 0 aliphatic heterocycles. The monoisotopic (exact) mass is 253 g/mol. The van der Waals surface area contributed by atoms with Crippen LogP contribution < -0.4 is 0 Å². The number of rotatable bonds is 4. The van der Waals surface area contributed by atoms with Gasteiger partial charge in [0.15, 0.2) is 0 Å². The lowest BCUT2D eigenvalue weighted by Gasteiger charge is -2.27. The smallest absolute Gasteiger partial charge is 0.282 e. The lowest BCUT2D eigenvalue weighted by molar-refractivity contribution is -0.0323. The van der Waals surface area contributed by atoms with Crippen LogP contribution in [0.15, 0.2) is 24.3 Å². The second-order valence-corrected chi connectivity index (χ2v) is 5.16. The summed E-state index contributed by atoms with van der Waals surface area (Å²) in [7, 11) is 1.60. The maximum Gasteiger partial charge on any atom is 0.282 e. The fourth-order valence-electron chi connectivity index (χ4n) is 1.57. The Morgan fingerprint density at radius 3 is 2.50 bits per heavy atom. The van der Waals surface area contributed by atoms with E-state index in [1.807, 2.05) is 12.1 Å². The molecule has 0 saturated carbocycles. The molecule has 3 nitrogen and oxygen atoms in total. The van der Waals surface area contributed by atoms with Crippen molar-refractivity contribution in [3.05, 3.63) is 35.4 Å². The molecular formula is C14H20FNO2. The molecule has 0 aliphatic rings. The minimum atomic E-state index is -0.842. The number of carbonyl (C=O) groups is 1. The zero-order valence-electron chi connectivity index (χ0n) is 11.4. The Kier molecular flexibility index (Phi) is 4.84. The van der Waals surface area contributed by atoms with Crippen molar-refractivity contribution >= 4 is 5.91 Å². The zero-order valence-corrected chi connectivity index (χ0v) is 11.4. The number of methoxy groups -OCH3 is 1. The van der Waals surface area contributed by atoms with Gasteiger partial charge < -0.3 is 4.74 Å². The van der Waals surface area contributed by atoms with Crippen molar-refractivity contribution in [2.45, 2.75) is 32.7 Å². The summed E-state index contributed by atoms with van der Waals surface area (Å²) in [4.78, 5) is 12.1. The Labute approximate surface area is 107 Å². The van der Waals surface area contributed by atoms with Gasteiger partial charge in [0.1, 0.15) is 0 Å². The van der Waals surface area contributed by atoms with E-state index in [0.29, 0.717) is 18.6 Å². The summed E-state index contributed by atoms with van der Waals surface area (Å²) in [6, 6.07) is 7.04. The molecule has 0 aliphatic carbocycles. The summed E-state index contributed by atoms with van der Waals surface area (Å²) < 4.78 is 18.9. The van der Waals surface area contributed by atoms with Gasteiger partial charge in [0, 0.05) is 12.7 Å². The molecule has 0 radical (unpaired) electrons. The maximum atomic E-state index is 13.9.